The van der Waals surface area contributed by atoms with E-state index in [1.807, 2.05) is 19.2 Å². The van der Waals surface area contributed by atoms with Gasteiger partial charge in [-0.3, -0.25) is 0 Å². The highest BCUT2D eigenvalue weighted by molar-refractivity contribution is 4.76. The zero-order valence-corrected chi connectivity index (χ0v) is 5.59. The molecule has 0 saturated carbocycles. The number of nitrogens with zero attached hydrogens (tertiary/aromatic N) is 1. The van der Waals surface area contributed by atoms with Crippen LogP contribution in [-0.4, -0.2) is 11.6 Å². The summed E-state index contributed by atoms with van der Waals surface area (Å²) in [4.78, 5) is 0. The molecule has 0 aromatic heterocycles. The molecule has 0 aliphatic rings. The lowest BCUT2D eigenvalue weighted by Crippen LogP contribution is -2.23. The number of nitrogens with two attached hydrogens (primary N) is 1. The molecule has 0 atom stereocenters. The molecular weight excluding hydrogens is 100 g/mol. The second kappa shape index (κ2) is 4.65. The Balaban J connectivity index is 3.21. The van der Waals surface area contributed by atoms with Crippen LogP contribution in [-0.2, 0) is 0 Å². The van der Waals surface area contributed by atoms with Gasteiger partial charge in [-0.15, -0.1) is 0 Å². The largest absolute Gasteiger partial charge is 0.319 e. The normalized spacial score (nSPS) is 10.4. The monoisotopic (exact) mass is 114 g/mol. The number of hydrogen-bond donors (Lipinski definition) is 1. The van der Waals surface area contributed by atoms with Crippen molar-refractivity contribution >= 4 is 0 Å². The molecule has 0 amide bonds. The van der Waals surface area contributed by atoms with Crippen LogP contribution in [0.15, 0.2) is 12.3 Å². The van der Waals surface area contributed by atoms with Crippen LogP contribution in [0.2, 0.25) is 0 Å². The first-order valence-electron chi connectivity index (χ1n) is 2.99. The first-order chi connectivity index (χ1) is 3.81. The highest BCUT2D eigenvalue weighted by Crippen LogP contribution is 1.81. The fraction of sp³-hybridized carbons (Fsp3) is 0.667. The fourth-order valence-electron chi connectivity index (χ4n) is 0.346. The standard InChI is InChI=1S/C6H14N2/c1-3-5-6-8(7)4-2/h5-6H,3-4,7H2,1-2H3/b6-5-. The van der Waals surface area contributed by atoms with E-state index >= 15 is 0 Å². The summed E-state index contributed by atoms with van der Waals surface area (Å²) >= 11 is 0. The Hall–Kier alpha value is -0.500. The third kappa shape index (κ3) is 3.68. The molecular formula is C6H14N2. The molecule has 2 N–H and O–H groups in total. The lowest BCUT2D eigenvalue weighted by molar-refractivity contribution is 0.415. The van der Waals surface area contributed by atoms with Gasteiger partial charge in [0.05, 0.1) is 0 Å². The molecule has 0 heterocycles. The highest BCUT2D eigenvalue weighted by atomic mass is 15.4. The zero-order valence-electron chi connectivity index (χ0n) is 5.59. The minimum atomic E-state index is 0.872. The molecule has 0 saturated heterocycles. The van der Waals surface area contributed by atoms with Crippen molar-refractivity contribution in [2.45, 2.75) is 20.3 Å². The summed E-state index contributed by atoms with van der Waals surface area (Å²) < 4.78 is 0. The predicted octanol–water partition coefficient (Wildman–Crippen LogP) is 1.11. The molecule has 0 aromatic carbocycles. The van der Waals surface area contributed by atoms with Crippen molar-refractivity contribution in [3.8, 4) is 0 Å². The van der Waals surface area contributed by atoms with Crippen LogP contribution in [0.4, 0.5) is 0 Å². The highest BCUT2D eigenvalue weighted by Gasteiger charge is 1.78. The summed E-state index contributed by atoms with van der Waals surface area (Å²) in [5.41, 5.74) is 0. The molecule has 0 fully saturated rings. The van der Waals surface area contributed by atoms with Gasteiger partial charge < -0.3 is 5.01 Å². The summed E-state index contributed by atoms with van der Waals surface area (Å²) in [6, 6.07) is 0. The maximum atomic E-state index is 5.41. The van der Waals surface area contributed by atoms with Crippen molar-refractivity contribution in [1.82, 2.24) is 5.01 Å². The van der Waals surface area contributed by atoms with Crippen molar-refractivity contribution in [3.05, 3.63) is 12.3 Å². The van der Waals surface area contributed by atoms with Crippen LogP contribution in [0.5, 0.6) is 0 Å². The van der Waals surface area contributed by atoms with Crippen molar-refractivity contribution in [2.75, 3.05) is 6.54 Å². The number of hydrazine groups is 1. The van der Waals surface area contributed by atoms with Gasteiger partial charge in [0.2, 0.25) is 0 Å². The minimum Gasteiger partial charge on any atom is -0.319 e. The quantitative estimate of drug-likeness (QED) is 0.440. The zero-order chi connectivity index (χ0) is 6.41. The van der Waals surface area contributed by atoms with E-state index in [0.717, 1.165) is 13.0 Å². The van der Waals surface area contributed by atoms with Crippen LogP contribution >= 0.6 is 0 Å². The van der Waals surface area contributed by atoms with Crippen LogP contribution < -0.4 is 5.84 Å². The Morgan fingerprint density at radius 3 is 2.50 bits per heavy atom. The smallest absolute Gasteiger partial charge is 0.0306 e. The van der Waals surface area contributed by atoms with Gasteiger partial charge in [0.25, 0.3) is 0 Å². The van der Waals surface area contributed by atoms with Crippen LogP contribution in [0, 0.1) is 0 Å². The first kappa shape index (κ1) is 7.50. The molecule has 0 aliphatic heterocycles. The molecule has 0 aromatic rings. The Morgan fingerprint density at radius 2 is 2.12 bits per heavy atom. The average Bonchev–Trinajstić information content (AvgIpc) is 1.83. The molecule has 2 heteroatoms. The Kier molecular flexibility index (Phi) is 4.36. The van der Waals surface area contributed by atoms with Gasteiger partial charge in [-0.05, 0) is 13.3 Å². The summed E-state index contributed by atoms with van der Waals surface area (Å²) in [5, 5.41) is 1.66. The average molecular weight is 114 g/mol. The Bertz CT molecular complexity index is 68.9. The second-order valence-electron chi connectivity index (χ2n) is 1.62. The summed E-state index contributed by atoms with van der Waals surface area (Å²) in [6.45, 7) is 4.97. The third-order valence-electron chi connectivity index (χ3n) is 0.898. The molecule has 2 nitrogen and oxygen atoms in total. The lowest BCUT2D eigenvalue weighted by Gasteiger charge is -2.07. The van der Waals surface area contributed by atoms with Crippen LogP contribution in [0.25, 0.3) is 0 Å². The fourth-order valence-corrected chi connectivity index (χ4v) is 0.346. The van der Waals surface area contributed by atoms with Crippen molar-refractivity contribution in [3.63, 3.8) is 0 Å². The van der Waals surface area contributed by atoms with E-state index in [1.165, 1.54) is 0 Å². The molecule has 0 unspecified atom stereocenters. The minimum absolute atomic E-state index is 0.872. The first-order valence-corrected chi connectivity index (χ1v) is 2.99. The number of allylic oxidation sites excluding steroid dienone is 1. The maximum Gasteiger partial charge on any atom is 0.0306 e. The number of hydrogen-bond acceptors (Lipinski definition) is 2. The topological polar surface area (TPSA) is 29.3 Å². The van der Waals surface area contributed by atoms with E-state index in [2.05, 4.69) is 6.92 Å². The van der Waals surface area contributed by atoms with Crippen molar-refractivity contribution < 1.29 is 0 Å². The maximum absolute atomic E-state index is 5.41. The summed E-state index contributed by atoms with van der Waals surface area (Å²) in [5.74, 6) is 5.41. The van der Waals surface area contributed by atoms with E-state index < -0.39 is 0 Å². The second-order valence-corrected chi connectivity index (χ2v) is 1.62. The van der Waals surface area contributed by atoms with Gasteiger partial charge in [0.1, 0.15) is 0 Å². The molecule has 0 aliphatic carbocycles. The summed E-state index contributed by atoms with van der Waals surface area (Å²) in [6.07, 6.45) is 4.97. The Morgan fingerprint density at radius 1 is 1.50 bits per heavy atom. The molecule has 0 rings (SSSR count). The van der Waals surface area contributed by atoms with Gasteiger partial charge in [-0.25, -0.2) is 5.84 Å². The van der Waals surface area contributed by atoms with Crippen LogP contribution in [0.3, 0.4) is 0 Å². The van der Waals surface area contributed by atoms with Crippen molar-refractivity contribution in [2.24, 2.45) is 5.84 Å². The molecule has 48 valence electrons. The molecule has 0 radical (unpaired) electrons. The van der Waals surface area contributed by atoms with E-state index in [-0.39, 0.29) is 0 Å². The molecule has 8 heavy (non-hydrogen) atoms. The van der Waals surface area contributed by atoms with Crippen molar-refractivity contribution in [1.29, 1.82) is 0 Å². The molecule has 0 bridgehead atoms. The van der Waals surface area contributed by atoms with E-state index in [1.54, 1.807) is 5.01 Å². The van der Waals surface area contributed by atoms with E-state index in [4.69, 9.17) is 5.84 Å². The van der Waals surface area contributed by atoms with Gasteiger partial charge in [-0.2, -0.15) is 0 Å². The molecule has 0 spiro atoms. The van der Waals surface area contributed by atoms with Gasteiger partial charge in [0.15, 0.2) is 0 Å². The van der Waals surface area contributed by atoms with Gasteiger partial charge in [-0.1, -0.05) is 13.0 Å². The van der Waals surface area contributed by atoms with E-state index in [9.17, 15) is 0 Å². The summed E-state index contributed by atoms with van der Waals surface area (Å²) in [7, 11) is 0. The predicted molar refractivity (Wildman–Crippen MR) is 36.0 cm³/mol. The lowest BCUT2D eigenvalue weighted by atomic mass is 10.5. The third-order valence-corrected chi connectivity index (χ3v) is 0.898. The van der Waals surface area contributed by atoms with Gasteiger partial charge in [0, 0.05) is 12.7 Å². The Labute approximate surface area is 50.9 Å². The SMILES string of the molecule is CC/C=C\N(N)CC. The van der Waals surface area contributed by atoms with Crippen LogP contribution in [0.1, 0.15) is 20.3 Å². The van der Waals surface area contributed by atoms with E-state index in [0.29, 0.717) is 0 Å². The number of rotatable bonds is 3. The van der Waals surface area contributed by atoms with Gasteiger partial charge >= 0.3 is 0 Å².